The van der Waals surface area contributed by atoms with Crippen LogP contribution in [0.2, 0.25) is 0 Å². The van der Waals surface area contributed by atoms with Crippen molar-refractivity contribution in [3.8, 4) is 10.6 Å². The van der Waals surface area contributed by atoms with Crippen molar-refractivity contribution in [2.45, 2.75) is 19.3 Å². The molecule has 0 aromatic carbocycles. The zero-order chi connectivity index (χ0) is 11.5. The van der Waals surface area contributed by atoms with Gasteiger partial charge in [-0.1, -0.05) is 6.92 Å². The van der Waals surface area contributed by atoms with E-state index < -0.39 is 0 Å². The van der Waals surface area contributed by atoms with Crippen molar-refractivity contribution in [3.63, 3.8) is 0 Å². The summed E-state index contributed by atoms with van der Waals surface area (Å²) in [6.07, 6.45) is 1.00. The highest BCUT2D eigenvalue weighted by atomic mass is 79.9. The minimum Gasteiger partial charge on any atom is -0.330 e. The second-order valence-corrected chi connectivity index (χ2v) is 6.40. The van der Waals surface area contributed by atoms with Gasteiger partial charge >= 0.3 is 0 Å². The van der Waals surface area contributed by atoms with Crippen LogP contribution in [0.4, 0.5) is 0 Å². The summed E-state index contributed by atoms with van der Waals surface area (Å²) < 4.78 is 1.12. The Hall–Kier alpha value is -0.230. The Labute approximate surface area is 112 Å². The summed E-state index contributed by atoms with van der Waals surface area (Å²) in [7, 11) is 0. The lowest BCUT2D eigenvalue weighted by molar-refractivity contribution is 0.686. The number of nitrogens with two attached hydrogens (primary N) is 1. The van der Waals surface area contributed by atoms with Gasteiger partial charge in [0.25, 0.3) is 0 Å². The molecule has 5 heteroatoms. The number of nitrogens with zero attached hydrogens (tertiary/aromatic N) is 1. The molecule has 2 nitrogen and oxygen atoms in total. The molecule has 0 saturated carbocycles. The normalized spacial score (nSPS) is 12.9. The second-order valence-electron chi connectivity index (χ2n) is 3.68. The molecule has 2 aromatic rings. The van der Waals surface area contributed by atoms with Crippen LogP contribution in [0.5, 0.6) is 0 Å². The summed E-state index contributed by atoms with van der Waals surface area (Å²) >= 11 is 6.90. The van der Waals surface area contributed by atoms with E-state index in [-0.39, 0.29) is 0 Å². The molecule has 1 atom stereocenters. The van der Waals surface area contributed by atoms with E-state index in [0.29, 0.717) is 5.92 Å². The monoisotopic (exact) mass is 316 g/mol. The van der Waals surface area contributed by atoms with E-state index in [2.05, 4.69) is 44.7 Å². The van der Waals surface area contributed by atoms with Gasteiger partial charge in [0.05, 0.1) is 15.6 Å². The summed E-state index contributed by atoms with van der Waals surface area (Å²) in [6, 6.07) is 2.11. The smallest absolute Gasteiger partial charge is 0.0961 e. The number of thiophene rings is 1. The molecule has 0 aliphatic carbocycles. The first-order valence-corrected chi connectivity index (χ1v) is 7.66. The van der Waals surface area contributed by atoms with Crippen molar-refractivity contribution < 1.29 is 0 Å². The Bertz CT molecular complexity index is 464. The molecule has 0 aliphatic heterocycles. The molecule has 0 saturated heterocycles. The SMILES string of the molecule is CC(CCN)c1nc(-c2cc(Br)cs2)cs1. The average molecular weight is 317 g/mol. The third-order valence-electron chi connectivity index (χ3n) is 2.36. The lowest BCUT2D eigenvalue weighted by Gasteiger charge is -2.04. The maximum absolute atomic E-state index is 5.56. The molecule has 2 N–H and O–H groups in total. The van der Waals surface area contributed by atoms with E-state index in [1.165, 1.54) is 9.88 Å². The van der Waals surface area contributed by atoms with Gasteiger partial charge in [0.1, 0.15) is 0 Å². The standard InChI is InChI=1S/C11H13BrN2S2/c1-7(2-3-13)11-14-9(6-16-11)10-4-8(12)5-15-10/h4-7H,2-3,13H2,1H3. The number of thiazole rings is 1. The molecule has 0 fully saturated rings. The number of halogens is 1. The fourth-order valence-corrected chi connectivity index (χ4v) is 3.82. The average Bonchev–Trinajstić information content (AvgIpc) is 2.85. The summed E-state index contributed by atoms with van der Waals surface area (Å²) in [5, 5.41) is 5.39. The Kier molecular flexibility index (Phi) is 4.13. The van der Waals surface area contributed by atoms with Crippen LogP contribution in [0.1, 0.15) is 24.3 Å². The minimum atomic E-state index is 0.465. The minimum absolute atomic E-state index is 0.465. The third kappa shape index (κ3) is 2.71. The van der Waals surface area contributed by atoms with Crippen LogP contribution in [-0.2, 0) is 0 Å². The maximum Gasteiger partial charge on any atom is 0.0961 e. The van der Waals surface area contributed by atoms with E-state index in [9.17, 15) is 0 Å². The van der Waals surface area contributed by atoms with Crippen LogP contribution in [0.3, 0.4) is 0 Å². The first-order chi connectivity index (χ1) is 7.70. The molecule has 0 bridgehead atoms. The van der Waals surface area contributed by atoms with Gasteiger partial charge < -0.3 is 5.73 Å². The van der Waals surface area contributed by atoms with Crippen LogP contribution in [0, 0.1) is 0 Å². The maximum atomic E-state index is 5.56. The van der Waals surface area contributed by atoms with Crippen LogP contribution < -0.4 is 5.73 Å². The van der Waals surface area contributed by atoms with E-state index in [1.54, 1.807) is 22.7 Å². The molecule has 2 heterocycles. The lowest BCUT2D eigenvalue weighted by Crippen LogP contribution is -2.04. The van der Waals surface area contributed by atoms with Gasteiger partial charge in [-0.05, 0) is 35.0 Å². The molecule has 86 valence electrons. The van der Waals surface area contributed by atoms with E-state index >= 15 is 0 Å². The summed E-state index contributed by atoms with van der Waals surface area (Å²) in [4.78, 5) is 5.88. The van der Waals surface area contributed by atoms with Gasteiger partial charge in [0, 0.05) is 21.2 Å². The van der Waals surface area contributed by atoms with Gasteiger partial charge in [0.15, 0.2) is 0 Å². The Morgan fingerprint density at radius 2 is 2.25 bits per heavy atom. The zero-order valence-electron chi connectivity index (χ0n) is 8.94. The third-order valence-corrected chi connectivity index (χ3v) is 5.15. The predicted molar refractivity (Wildman–Crippen MR) is 75.2 cm³/mol. The highest BCUT2D eigenvalue weighted by Crippen LogP contribution is 2.32. The molecule has 0 amide bonds. The first-order valence-electron chi connectivity index (χ1n) is 5.10. The summed E-state index contributed by atoms with van der Waals surface area (Å²) in [5.74, 6) is 0.465. The topological polar surface area (TPSA) is 38.9 Å². The number of rotatable bonds is 4. The van der Waals surface area contributed by atoms with E-state index in [1.807, 2.05) is 0 Å². The fourth-order valence-electron chi connectivity index (χ4n) is 1.45. The van der Waals surface area contributed by atoms with Crippen molar-refractivity contribution in [1.82, 2.24) is 4.98 Å². The summed E-state index contributed by atoms with van der Waals surface area (Å²) in [6.45, 7) is 2.90. The van der Waals surface area contributed by atoms with Crippen LogP contribution >= 0.6 is 38.6 Å². The number of hydrogen-bond acceptors (Lipinski definition) is 4. The second kappa shape index (κ2) is 5.40. The molecule has 1 unspecified atom stereocenters. The first kappa shape index (κ1) is 12.2. The molecular weight excluding hydrogens is 304 g/mol. The van der Waals surface area contributed by atoms with Gasteiger partial charge in [-0.15, -0.1) is 22.7 Å². The fraction of sp³-hybridized carbons (Fsp3) is 0.364. The van der Waals surface area contributed by atoms with Gasteiger partial charge in [0.2, 0.25) is 0 Å². The van der Waals surface area contributed by atoms with Crippen molar-refractivity contribution >= 4 is 38.6 Å². The number of hydrogen-bond donors (Lipinski definition) is 1. The van der Waals surface area contributed by atoms with E-state index in [0.717, 1.165) is 23.1 Å². The summed E-state index contributed by atoms with van der Waals surface area (Å²) in [5.41, 5.74) is 6.64. The van der Waals surface area contributed by atoms with Crippen molar-refractivity contribution in [2.24, 2.45) is 5.73 Å². The zero-order valence-corrected chi connectivity index (χ0v) is 12.2. The van der Waals surface area contributed by atoms with Crippen LogP contribution in [0.15, 0.2) is 21.3 Å². The highest BCUT2D eigenvalue weighted by Gasteiger charge is 2.11. The Morgan fingerprint density at radius 3 is 2.88 bits per heavy atom. The van der Waals surface area contributed by atoms with Crippen molar-refractivity contribution in [2.75, 3.05) is 6.54 Å². The van der Waals surface area contributed by atoms with Gasteiger partial charge in [-0.2, -0.15) is 0 Å². The van der Waals surface area contributed by atoms with Crippen LogP contribution in [0.25, 0.3) is 10.6 Å². The van der Waals surface area contributed by atoms with E-state index in [4.69, 9.17) is 5.73 Å². The van der Waals surface area contributed by atoms with Gasteiger partial charge in [-0.25, -0.2) is 4.98 Å². The number of aromatic nitrogens is 1. The molecule has 16 heavy (non-hydrogen) atoms. The molecule has 2 rings (SSSR count). The van der Waals surface area contributed by atoms with Crippen molar-refractivity contribution in [3.05, 3.63) is 26.3 Å². The Morgan fingerprint density at radius 1 is 1.44 bits per heavy atom. The largest absolute Gasteiger partial charge is 0.330 e. The van der Waals surface area contributed by atoms with Crippen LogP contribution in [-0.4, -0.2) is 11.5 Å². The molecular formula is C11H13BrN2S2. The Balaban J connectivity index is 2.19. The molecule has 0 aliphatic rings. The molecule has 2 aromatic heterocycles. The predicted octanol–water partition coefficient (Wildman–Crippen LogP) is 4.09. The van der Waals surface area contributed by atoms with Crippen molar-refractivity contribution in [1.29, 1.82) is 0 Å². The quantitative estimate of drug-likeness (QED) is 0.922. The molecule has 0 radical (unpaired) electrons. The molecule has 0 spiro atoms. The van der Waals surface area contributed by atoms with Gasteiger partial charge in [-0.3, -0.25) is 0 Å². The highest BCUT2D eigenvalue weighted by molar-refractivity contribution is 9.10. The lowest BCUT2D eigenvalue weighted by atomic mass is 10.1.